The summed E-state index contributed by atoms with van der Waals surface area (Å²) in [5.41, 5.74) is 4.07. The fourth-order valence-corrected chi connectivity index (χ4v) is 7.56. The highest BCUT2D eigenvalue weighted by molar-refractivity contribution is 6.03. The Labute approximate surface area is 168 Å². The third kappa shape index (κ3) is 3.31. The molecule has 0 N–H and O–H groups in total. The number of hydrogen-bond donors (Lipinski definition) is 0. The minimum Gasteiger partial charge on any atom is -0.282 e. The molecule has 1 atom stereocenters. The Bertz CT molecular complexity index is 755. The molecule has 1 aromatic carbocycles. The molecule has 3 nitrogen and oxygen atoms in total. The van der Waals surface area contributed by atoms with Gasteiger partial charge in [0.05, 0.1) is 5.92 Å². The number of nitrogens with zero attached hydrogens (tertiary/aromatic N) is 1. The Morgan fingerprint density at radius 3 is 2.07 bits per heavy atom. The lowest BCUT2D eigenvalue weighted by atomic mass is 9.49. The summed E-state index contributed by atoms with van der Waals surface area (Å²) in [5.74, 6) is 2.75. The zero-order valence-electron chi connectivity index (χ0n) is 17.4. The van der Waals surface area contributed by atoms with E-state index in [1.165, 1.54) is 55.2 Å². The molecular formula is C25H33NO2. The third-order valence-electron chi connectivity index (χ3n) is 8.13. The van der Waals surface area contributed by atoms with Gasteiger partial charge in [-0.05, 0) is 93.9 Å². The van der Waals surface area contributed by atoms with Gasteiger partial charge in [-0.25, -0.2) is 0 Å². The molecule has 28 heavy (non-hydrogen) atoms. The van der Waals surface area contributed by atoms with Crippen molar-refractivity contribution in [3.8, 4) is 0 Å². The quantitative estimate of drug-likeness (QED) is 0.687. The number of aryl methyl sites for hydroxylation is 2. The van der Waals surface area contributed by atoms with Crippen LogP contribution in [0.5, 0.6) is 0 Å². The lowest BCUT2D eigenvalue weighted by Crippen LogP contribution is -2.47. The summed E-state index contributed by atoms with van der Waals surface area (Å²) < 4.78 is 0. The zero-order valence-corrected chi connectivity index (χ0v) is 17.4. The van der Waals surface area contributed by atoms with Crippen molar-refractivity contribution in [2.45, 2.75) is 71.6 Å². The van der Waals surface area contributed by atoms with Crippen molar-refractivity contribution in [1.29, 1.82) is 0 Å². The summed E-state index contributed by atoms with van der Waals surface area (Å²) in [4.78, 5) is 27.3. The molecule has 0 spiro atoms. The van der Waals surface area contributed by atoms with Crippen molar-refractivity contribution in [3.05, 3.63) is 34.9 Å². The number of amides is 2. The summed E-state index contributed by atoms with van der Waals surface area (Å²) >= 11 is 0. The zero-order chi connectivity index (χ0) is 19.5. The normalized spacial score (nSPS) is 36.6. The molecule has 4 saturated carbocycles. The van der Waals surface area contributed by atoms with E-state index in [0.29, 0.717) is 24.8 Å². The number of benzene rings is 1. The van der Waals surface area contributed by atoms with Crippen LogP contribution < -0.4 is 0 Å². The standard InChI is InChI=1S/C25H33NO2/c1-16-5-17(2)7-18(6-16)11-22-12-23(27)26(24(22)28)4-3-25-13-19-8-20(14-25)10-21(9-19)15-25/h5-7,19-22H,3-4,8-15H2,1-2H3/t19?,20?,21?,22-,25?/m1/s1. The van der Waals surface area contributed by atoms with Crippen molar-refractivity contribution in [1.82, 2.24) is 4.90 Å². The Morgan fingerprint density at radius 2 is 1.50 bits per heavy atom. The van der Waals surface area contributed by atoms with Crippen LogP contribution in [0.25, 0.3) is 0 Å². The molecule has 1 heterocycles. The van der Waals surface area contributed by atoms with E-state index < -0.39 is 0 Å². The highest BCUT2D eigenvalue weighted by Crippen LogP contribution is 2.61. The van der Waals surface area contributed by atoms with Gasteiger partial charge in [-0.1, -0.05) is 29.3 Å². The van der Waals surface area contributed by atoms with Gasteiger partial charge in [0.15, 0.2) is 0 Å². The van der Waals surface area contributed by atoms with Gasteiger partial charge in [0.2, 0.25) is 11.8 Å². The predicted octanol–water partition coefficient (Wildman–Crippen LogP) is 4.83. The summed E-state index contributed by atoms with van der Waals surface area (Å²) in [6.07, 6.45) is 10.5. The molecule has 1 aliphatic heterocycles. The SMILES string of the molecule is Cc1cc(C)cc(C[C@@H]2CC(=O)N(CCC34CC5CC(CC(C5)C3)C4)C2=O)c1. The van der Waals surface area contributed by atoms with E-state index in [2.05, 4.69) is 32.0 Å². The van der Waals surface area contributed by atoms with Crippen LogP contribution >= 0.6 is 0 Å². The predicted molar refractivity (Wildman–Crippen MR) is 110 cm³/mol. The molecule has 5 aliphatic rings. The lowest BCUT2D eigenvalue weighted by molar-refractivity contribution is -0.140. The van der Waals surface area contributed by atoms with Crippen LogP contribution in [0, 0.1) is 42.9 Å². The Hall–Kier alpha value is -1.64. The molecule has 4 aliphatic carbocycles. The number of imide groups is 1. The Balaban J connectivity index is 1.24. The summed E-state index contributed by atoms with van der Waals surface area (Å²) in [5, 5.41) is 0. The molecule has 0 unspecified atom stereocenters. The van der Waals surface area contributed by atoms with Gasteiger partial charge in [-0.15, -0.1) is 0 Å². The number of carbonyl (C=O) groups is 2. The van der Waals surface area contributed by atoms with Gasteiger partial charge in [0.25, 0.3) is 0 Å². The van der Waals surface area contributed by atoms with Crippen LogP contribution in [0.1, 0.15) is 68.1 Å². The maximum atomic E-state index is 13.0. The van der Waals surface area contributed by atoms with Crippen LogP contribution in [0.4, 0.5) is 0 Å². The van der Waals surface area contributed by atoms with Gasteiger partial charge in [0.1, 0.15) is 0 Å². The Kier molecular flexibility index (Phi) is 4.41. The van der Waals surface area contributed by atoms with Crippen LogP contribution in [-0.4, -0.2) is 23.3 Å². The minimum atomic E-state index is -0.162. The maximum absolute atomic E-state index is 13.0. The van der Waals surface area contributed by atoms with Gasteiger partial charge < -0.3 is 0 Å². The van der Waals surface area contributed by atoms with Crippen molar-refractivity contribution < 1.29 is 9.59 Å². The highest BCUT2D eigenvalue weighted by atomic mass is 16.2. The van der Waals surface area contributed by atoms with Crippen LogP contribution in [0.3, 0.4) is 0 Å². The number of carbonyl (C=O) groups excluding carboxylic acids is 2. The molecule has 2 amide bonds. The molecule has 0 aromatic heterocycles. The van der Waals surface area contributed by atoms with E-state index in [-0.39, 0.29) is 17.7 Å². The van der Waals surface area contributed by atoms with Crippen LogP contribution in [0.15, 0.2) is 18.2 Å². The molecule has 0 radical (unpaired) electrons. The smallest absolute Gasteiger partial charge is 0.233 e. The topological polar surface area (TPSA) is 37.4 Å². The molecule has 4 bridgehead atoms. The van der Waals surface area contributed by atoms with E-state index in [4.69, 9.17) is 0 Å². The van der Waals surface area contributed by atoms with E-state index >= 15 is 0 Å². The van der Waals surface area contributed by atoms with Crippen molar-refractivity contribution in [3.63, 3.8) is 0 Å². The number of likely N-dealkylation sites (tertiary alicyclic amines) is 1. The number of rotatable bonds is 5. The fourth-order valence-electron chi connectivity index (χ4n) is 7.56. The lowest BCUT2D eigenvalue weighted by Gasteiger charge is -2.57. The van der Waals surface area contributed by atoms with E-state index in [1.54, 1.807) is 4.90 Å². The van der Waals surface area contributed by atoms with Gasteiger partial charge in [-0.2, -0.15) is 0 Å². The van der Waals surface area contributed by atoms with Crippen molar-refractivity contribution in [2.24, 2.45) is 29.1 Å². The molecule has 1 aromatic rings. The first-order chi connectivity index (χ1) is 13.4. The van der Waals surface area contributed by atoms with E-state index in [0.717, 1.165) is 24.2 Å². The summed E-state index contributed by atoms with van der Waals surface area (Å²) in [6, 6.07) is 6.47. The second kappa shape index (κ2) is 6.71. The van der Waals surface area contributed by atoms with Gasteiger partial charge in [-0.3, -0.25) is 14.5 Å². The molecule has 3 heteroatoms. The average molecular weight is 380 g/mol. The Morgan fingerprint density at radius 1 is 0.929 bits per heavy atom. The summed E-state index contributed by atoms with van der Waals surface area (Å²) in [6.45, 7) is 4.85. The first kappa shape index (κ1) is 18.4. The van der Waals surface area contributed by atoms with Crippen molar-refractivity contribution >= 4 is 11.8 Å². The highest BCUT2D eigenvalue weighted by Gasteiger charge is 2.51. The summed E-state index contributed by atoms with van der Waals surface area (Å²) in [7, 11) is 0. The molecule has 5 fully saturated rings. The average Bonchev–Trinajstić information content (AvgIpc) is 2.84. The molecular weight excluding hydrogens is 346 g/mol. The second-order valence-electron chi connectivity index (χ2n) is 10.7. The van der Waals surface area contributed by atoms with Crippen LogP contribution in [-0.2, 0) is 16.0 Å². The third-order valence-corrected chi connectivity index (χ3v) is 8.13. The molecule has 150 valence electrons. The van der Waals surface area contributed by atoms with Gasteiger partial charge in [0, 0.05) is 13.0 Å². The minimum absolute atomic E-state index is 0.0594. The van der Waals surface area contributed by atoms with Crippen LogP contribution in [0.2, 0.25) is 0 Å². The maximum Gasteiger partial charge on any atom is 0.233 e. The fraction of sp³-hybridized carbons (Fsp3) is 0.680. The van der Waals surface area contributed by atoms with E-state index in [1.807, 2.05) is 0 Å². The monoisotopic (exact) mass is 379 g/mol. The first-order valence-corrected chi connectivity index (χ1v) is 11.3. The van der Waals surface area contributed by atoms with E-state index in [9.17, 15) is 9.59 Å². The van der Waals surface area contributed by atoms with Gasteiger partial charge >= 0.3 is 0 Å². The largest absolute Gasteiger partial charge is 0.282 e. The first-order valence-electron chi connectivity index (χ1n) is 11.3. The van der Waals surface area contributed by atoms with Crippen molar-refractivity contribution in [2.75, 3.05) is 6.54 Å². The molecule has 6 rings (SSSR count). The second-order valence-corrected chi connectivity index (χ2v) is 10.7. The number of hydrogen-bond acceptors (Lipinski definition) is 2. The molecule has 1 saturated heterocycles.